The van der Waals surface area contributed by atoms with E-state index in [2.05, 4.69) is 37.2 Å². The van der Waals surface area contributed by atoms with Crippen LogP contribution in [-0.4, -0.2) is 12.1 Å². The lowest BCUT2D eigenvalue weighted by atomic mass is 10.1. The molecule has 2 rings (SSSR count). The van der Waals surface area contributed by atoms with Crippen LogP contribution in [-0.2, 0) is 6.42 Å². The van der Waals surface area contributed by atoms with Crippen molar-refractivity contribution in [3.63, 3.8) is 0 Å². The van der Waals surface area contributed by atoms with Crippen LogP contribution in [0.4, 0.5) is 0 Å². The first kappa shape index (κ1) is 9.13. The summed E-state index contributed by atoms with van der Waals surface area (Å²) < 4.78 is 5.44. The molecule has 0 unspecified atom stereocenters. The molecule has 0 aliphatic carbocycles. The molecule has 0 fully saturated rings. The summed E-state index contributed by atoms with van der Waals surface area (Å²) in [7, 11) is 1.73. The van der Waals surface area contributed by atoms with Gasteiger partial charge in [0.1, 0.15) is 5.75 Å². The first-order valence-electron chi connectivity index (χ1n) is 4.91. The fourth-order valence-electron chi connectivity index (χ4n) is 1.90. The van der Waals surface area contributed by atoms with Crippen molar-refractivity contribution in [2.24, 2.45) is 0 Å². The van der Waals surface area contributed by atoms with Crippen LogP contribution < -0.4 is 4.74 Å². The second-order valence-corrected chi connectivity index (χ2v) is 3.51. The Kier molecular flexibility index (Phi) is 2.20. The third-order valence-electron chi connectivity index (χ3n) is 2.66. The zero-order valence-corrected chi connectivity index (χ0v) is 8.85. The van der Waals surface area contributed by atoms with Gasteiger partial charge in [-0.05, 0) is 30.5 Å². The van der Waals surface area contributed by atoms with E-state index in [1.165, 1.54) is 16.5 Å². The molecule has 1 heterocycles. The fraction of sp³-hybridized carbons (Fsp3) is 0.333. The minimum Gasteiger partial charge on any atom is -0.496 e. The Bertz CT molecular complexity index is 457. The molecule has 0 saturated carbocycles. The molecule has 0 bridgehead atoms. The lowest BCUT2D eigenvalue weighted by Crippen LogP contribution is -1.89. The van der Waals surface area contributed by atoms with E-state index < -0.39 is 0 Å². The van der Waals surface area contributed by atoms with Crippen LogP contribution in [0.2, 0.25) is 0 Å². The number of aromatic amines is 1. The normalized spacial score (nSPS) is 10.8. The second-order valence-electron chi connectivity index (χ2n) is 3.51. The van der Waals surface area contributed by atoms with Crippen LogP contribution in [0, 0.1) is 6.92 Å². The Hall–Kier alpha value is -1.44. The number of benzene rings is 1. The van der Waals surface area contributed by atoms with E-state index in [0.717, 1.165) is 17.7 Å². The summed E-state index contributed by atoms with van der Waals surface area (Å²) in [5.41, 5.74) is 3.67. The topological polar surface area (TPSA) is 25.0 Å². The van der Waals surface area contributed by atoms with Gasteiger partial charge in [0.25, 0.3) is 0 Å². The van der Waals surface area contributed by atoms with Crippen LogP contribution in [0.5, 0.6) is 5.75 Å². The number of hydrogen-bond donors (Lipinski definition) is 1. The number of fused-ring (bicyclic) bond motifs is 1. The van der Waals surface area contributed by atoms with Gasteiger partial charge in [0, 0.05) is 17.1 Å². The fourth-order valence-corrected chi connectivity index (χ4v) is 1.90. The minimum absolute atomic E-state index is 1.00. The van der Waals surface area contributed by atoms with Gasteiger partial charge in [-0.25, -0.2) is 0 Å². The molecule has 1 aromatic carbocycles. The maximum atomic E-state index is 5.44. The number of ether oxygens (including phenoxy) is 1. The number of rotatable bonds is 2. The van der Waals surface area contributed by atoms with Gasteiger partial charge in [0.05, 0.1) is 7.11 Å². The first-order chi connectivity index (χ1) is 6.77. The van der Waals surface area contributed by atoms with Crippen LogP contribution in [0.3, 0.4) is 0 Å². The zero-order valence-electron chi connectivity index (χ0n) is 8.85. The molecular weight excluding hydrogens is 174 g/mol. The largest absolute Gasteiger partial charge is 0.496 e. The molecule has 14 heavy (non-hydrogen) atoms. The predicted molar refractivity (Wildman–Crippen MR) is 59.0 cm³/mol. The molecule has 2 nitrogen and oxygen atoms in total. The van der Waals surface area contributed by atoms with Gasteiger partial charge in [-0.1, -0.05) is 13.0 Å². The molecule has 1 N–H and O–H groups in total. The molecule has 0 aliphatic rings. The van der Waals surface area contributed by atoms with Gasteiger partial charge in [-0.15, -0.1) is 0 Å². The molecule has 0 atom stereocenters. The highest BCUT2D eigenvalue weighted by molar-refractivity contribution is 5.90. The zero-order chi connectivity index (χ0) is 10.1. The van der Waals surface area contributed by atoms with E-state index in [-0.39, 0.29) is 0 Å². The van der Waals surface area contributed by atoms with Gasteiger partial charge >= 0.3 is 0 Å². The van der Waals surface area contributed by atoms with Crippen LogP contribution in [0.1, 0.15) is 18.1 Å². The summed E-state index contributed by atoms with van der Waals surface area (Å²) in [6.07, 6.45) is 3.09. The molecule has 0 spiro atoms. The van der Waals surface area contributed by atoms with Crippen molar-refractivity contribution in [2.75, 3.05) is 7.11 Å². The molecule has 74 valence electrons. The van der Waals surface area contributed by atoms with Crippen molar-refractivity contribution in [1.82, 2.24) is 4.98 Å². The lowest BCUT2D eigenvalue weighted by molar-refractivity contribution is 0.416. The van der Waals surface area contributed by atoms with E-state index in [0.29, 0.717) is 0 Å². The molecule has 0 aliphatic heterocycles. The van der Waals surface area contributed by atoms with E-state index >= 15 is 0 Å². The average molecular weight is 189 g/mol. The Balaban J connectivity index is 2.81. The van der Waals surface area contributed by atoms with Gasteiger partial charge < -0.3 is 9.72 Å². The summed E-state index contributed by atoms with van der Waals surface area (Å²) in [4.78, 5) is 3.26. The minimum atomic E-state index is 1.00. The summed E-state index contributed by atoms with van der Waals surface area (Å²) in [6.45, 7) is 4.23. The molecular formula is C12H15NO. The van der Waals surface area contributed by atoms with Crippen molar-refractivity contribution < 1.29 is 4.74 Å². The monoisotopic (exact) mass is 189 g/mol. The van der Waals surface area contributed by atoms with Crippen molar-refractivity contribution in [3.05, 3.63) is 29.5 Å². The number of aromatic nitrogens is 1. The standard InChI is InChI=1S/C12H15NO/c1-4-9-7-13-10-6-5-8(2)12(14-3)11(9)10/h5-7,13H,4H2,1-3H3. The van der Waals surface area contributed by atoms with Gasteiger partial charge in [-0.2, -0.15) is 0 Å². The van der Waals surface area contributed by atoms with Gasteiger partial charge in [0.2, 0.25) is 0 Å². The lowest BCUT2D eigenvalue weighted by Gasteiger charge is -2.07. The number of aryl methyl sites for hydroxylation is 2. The van der Waals surface area contributed by atoms with Crippen molar-refractivity contribution in [3.8, 4) is 5.75 Å². The molecule has 0 saturated heterocycles. The Morgan fingerprint density at radius 3 is 2.79 bits per heavy atom. The highest BCUT2D eigenvalue weighted by Gasteiger charge is 2.09. The number of nitrogens with one attached hydrogen (secondary N) is 1. The van der Waals surface area contributed by atoms with Crippen molar-refractivity contribution in [2.45, 2.75) is 20.3 Å². The number of H-pyrrole nitrogens is 1. The smallest absolute Gasteiger partial charge is 0.131 e. The highest BCUT2D eigenvalue weighted by atomic mass is 16.5. The maximum absolute atomic E-state index is 5.44. The van der Waals surface area contributed by atoms with Crippen molar-refractivity contribution in [1.29, 1.82) is 0 Å². The summed E-state index contributed by atoms with van der Waals surface area (Å²) in [5.74, 6) is 1.00. The van der Waals surface area contributed by atoms with E-state index in [1.807, 2.05) is 0 Å². The van der Waals surface area contributed by atoms with Crippen LogP contribution in [0.15, 0.2) is 18.3 Å². The molecule has 1 aromatic heterocycles. The Labute approximate surface area is 83.9 Å². The molecule has 0 radical (unpaired) electrons. The summed E-state index contributed by atoms with van der Waals surface area (Å²) in [5, 5.41) is 1.23. The maximum Gasteiger partial charge on any atom is 0.131 e. The predicted octanol–water partition coefficient (Wildman–Crippen LogP) is 3.05. The van der Waals surface area contributed by atoms with Crippen LogP contribution in [0.25, 0.3) is 10.9 Å². The average Bonchev–Trinajstić information content (AvgIpc) is 2.61. The first-order valence-corrected chi connectivity index (χ1v) is 4.91. The van der Waals surface area contributed by atoms with Gasteiger partial charge in [-0.3, -0.25) is 0 Å². The van der Waals surface area contributed by atoms with Crippen molar-refractivity contribution >= 4 is 10.9 Å². The number of hydrogen-bond acceptors (Lipinski definition) is 1. The third kappa shape index (κ3) is 1.18. The van der Waals surface area contributed by atoms with E-state index in [1.54, 1.807) is 7.11 Å². The van der Waals surface area contributed by atoms with E-state index in [4.69, 9.17) is 4.74 Å². The van der Waals surface area contributed by atoms with E-state index in [9.17, 15) is 0 Å². The highest BCUT2D eigenvalue weighted by Crippen LogP contribution is 2.31. The van der Waals surface area contributed by atoms with Gasteiger partial charge in [0.15, 0.2) is 0 Å². The Morgan fingerprint density at radius 1 is 1.36 bits per heavy atom. The third-order valence-corrected chi connectivity index (χ3v) is 2.66. The number of methoxy groups -OCH3 is 1. The molecule has 2 aromatic rings. The van der Waals surface area contributed by atoms with Crippen LogP contribution >= 0.6 is 0 Å². The molecule has 2 heteroatoms. The summed E-state index contributed by atoms with van der Waals surface area (Å²) >= 11 is 0. The summed E-state index contributed by atoms with van der Waals surface area (Å²) in [6, 6.07) is 4.18. The SMILES string of the molecule is CCc1c[nH]c2ccc(C)c(OC)c12. The Morgan fingerprint density at radius 2 is 2.14 bits per heavy atom. The second kappa shape index (κ2) is 3.37. The quantitative estimate of drug-likeness (QED) is 0.771. The molecule has 0 amide bonds.